The number of nitro groups is 1. The van der Waals surface area contributed by atoms with E-state index in [1.807, 2.05) is 18.7 Å². The second-order valence-corrected chi connectivity index (χ2v) is 5.55. The van der Waals surface area contributed by atoms with Crippen molar-refractivity contribution in [3.05, 3.63) is 33.9 Å². The maximum Gasteiger partial charge on any atom is 0.293 e. The van der Waals surface area contributed by atoms with Crippen LogP contribution in [0.5, 0.6) is 0 Å². The van der Waals surface area contributed by atoms with Crippen molar-refractivity contribution in [3.63, 3.8) is 0 Å². The minimum Gasteiger partial charge on any atom is -0.382 e. The van der Waals surface area contributed by atoms with Gasteiger partial charge < -0.3 is 10.2 Å². The Hall–Kier alpha value is -2.11. The number of piperidine rings is 1. The third-order valence-electron chi connectivity index (χ3n) is 4.15. The first-order valence-corrected chi connectivity index (χ1v) is 7.25. The summed E-state index contributed by atoms with van der Waals surface area (Å²) in [6.45, 7) is 4.06. The molecule has 0 radical (unpaired) electrons. The molecule has 1 fully saturated rings. The second-order valence-electron chi connectivity index (χ2n) is 5.55. The van der Waals surface area contributed by atoms with E-state index in [2.05, 4.69) is 5.32 Å². The molecule has 1 aliphatic rings. The highest BCUT2D eigenvalue weighted by atomic mass is 16.6. The summed E-state index contributed by atoms with van der Waals surface area (Å²) in [7, 11) is 1.60. The van der Waals surface area contributed by atoms with Crippen LogP contribution in [0.25, 0.3) is 0 Å². The normalized spacial score (nSPS) is 22.0. The molecule has 0 saturated carbocycles. The minimum atomic E-state index is -0.467. The number of nitro benzene ring substituents is 1. The van der Waals surface area contributed by atoms with Crippen molar-refractivity contribution in [2.75, 3.05) is 12.4 Å². The number of carbonyl (C=O) groups is 1. The first kappa shape index (κ1) is 15.3. The summed E-state index contributed by atoms with van der Waals surface area (Å²) in [4.78, 5) is 25.3. The standard InChI is InChI=1S/C15H21N3O3/c1-10-6-4-7-11(2)17(10)15(19)12-8-5-9-13(18(20)21)14(12)16-3/h5,8-11,16H,4,6-7H2,1-3H3/t10-,11+. The van der Waals surface area contributed by atoms with Crippen molar-refractivity contribution >= 4 is 17.3 Å². The van der Waals surface area contributed by atoms with Crippen LogP contribution >= 0.6 is 0 Å². The summed E-state index contributed by atoms with van der Waals surface area (Å²) in [5.74, 6) is -0.136. The van der Waals surface area contributed by atoms with Gasteiger partial charge >= 0.3 is 0 Å². The molecule has 0 aromatic heterocycles. The molecule has 1 saturated heterocycles. The number of nitrogens with one attached hydrogen (secondary N) is 1. The number of hydrogen-bond acceptors (Lipinski definition) is 4. The zero-order chi connectivity index (χ0) is 15.6. The molecule has 21 heavy (non-hydrogen) atoms. The Bertz CT molecular complexity index is 549. The fourth-order valence-corrected chi connectivity index (χ4v) is 3.09. The van der Waals surface area contributed by atoms with E-state index in [0.717, 1.165) is 19.3 Å². The predicted molar refractivity (Wildman–Crippen MR) is 81.6 cm³/mol. The highest BCUT2D eigenvalue weighted by molar-refractivity contribution is 6.02. The Morgan fingerprint density at radius 2 is 1.95 bits per heavy atom. The van der Waals surface area contributed by atoms with Gasteiger partial charge in [-0.15, -0.1) is 0 Å². The number of carbonyl (C=O) groups excluding carboxylic acids is 1. The summed E-state index contributed by atoms with van der Waals surface area (Å²) in [5.41, 5.74) is 0.588. The number of nitrogens with zero attached hydrogens (tertiary/aromatic N) is 2. The average molecular weight is 291 g/mol. The molecular formula is C15H21N3O3. The Morgan fingerprint density at radius 1 is 1.33 bits per heavy atom. The number of likely N-dealkylation sites (tertiary alicyclic amines) is 1. The van der Waals surface area contributed by atoms with Crippen LogP contribution in [0.3, 0.4) is 0 Å². The summed E-state index contributed by atoms with van der Waals surface area (Å²) >= 11 is 0. The van der Waals surface area contributed by atoms with E-state index in [4.69, 9.17) is 0 Å². The molecule has 1 N–H and O–H groups in total. The van der Waals surface area contributed by atoms with Crippen LogP contribution in [0.1, 0.15) is 43.5 Å². The highest BCUT2D eigenvalue weighted by Crippen LogP contribution is 2.31. The van der Waals surface area contributed by atoms with Crippen LogP contribution in [0, 0.1) is 10.1 Å². The Labute approximate surface area is 124 Å². The van der Waals surface area contributed by atoms with Gasteiger partial charge in [0.25, 0.3) is 11.6 Å². The Kier molecular flexibility index (Phi) is 4.45. The average Bonchev–Trinajstić information content (AvgIpc) is 2.45. The first-order valence-electron chi connectivity index (χ1n) is 7.25. The van der Waals surface area contributed by atoms with Gasteiger partial charge in [0.15, 0.2) is 0 Å². The number of rotatable bonds is 3. The lowest BCUT2D eigenvalue weighted by molar-refractivity contribution is -0.384. The van der Waals surface area contributed by atoms with Crippen molar-refractivity contribution in [1.29, 1.82) is 0 Å². The molecule has 1 amide bonds. The molecule has 0 spiro atoms. The number of para-hydroxylation sites is 1. The lowest BCUT2D eigenvalue weighted by atomic mass is 9.96. The van der Waals surface area contributed by atoms with Gasteiger partial charge in [0.2, 0.25) is 0 Å². The molecule has 2 atom stereocenters. The SMILES string of the molecule is CNc1c(C(=O)N2[C@H](C)CCC[C@@H]2C)cccc1[N+](=O)[O-]. The van der Waals surface area contributed by atoms with Gasteiger partial charge in [0.05, 0.1) is 10.5 Å². The molecule has 6 heteroatoms. The quantitative estimate of drug-likeness (QED) is 0.686. The van der Waals surface area contributed by atoms with Crippen LogP contribution in [0.2, 0.25) is 0 Å². The van der Waals surface area contributed by atoms with E-state index in [1.165, 1.54) is 6.07 Å². The number of benzene rings is 1. The second kappa shape index (κ2) is 6.11. The third-order valence-corrected chi connectivity index (χ3v) is 4.15. The van der Waals surface area contributed by atoms with Gasteiger partial charge in [0.1, 0.15) is 5.69 Å². The number of anilines is 1. The van der Waals surface area contributed by atoms with Crippen LogP contribution in [-0.4, -0.2) is 34.9 Å². The van der Waals surface area contributed by atoms with Gasteiger partial charge in [-0.05, 0) is 39.2 Å². The van der Waals surface area contributed by atoms with Crippen molar-refractivity contribution in [2.24, 2.45) is 0 Å². The Balaban J connectivity index is 2.43. The van der Waals surface area contributed by atoms with Gasteiger partial charge in [-0.1, -0.05) is 6.07 Å². The summed E-state index contributed by atoms with van der Waals surface area (Å²) < 4.78 is 0. The zero-order valence-electron chi connectivity index (χ0n) is 12.6. The van der Waals surface area contributed by atoms with Gasteiger partial charge in [-0.2, -0.15) is 0 Å². The largest absolute Gasteiger partial charge is 0.382 e. The Morgan fingerprint density at radius 3 is 2.48 bits per heavy atom. The van der Waals surface area contributed by atoms with Crippen LogP contribution in [0.4, 0.5) is 11.4 Å². The van der Waals surface area contributed by atoms with Gasteiger partial charge in [-0.3, -0.25) is 14.9 Å². The molecule has 1 aromatic carbocycles. The van der Waals surface area contributed by atoms with Crippen molar-refractivity contribution < 1.29 is 9.72 Å². The molecule has 0 aliphatic carbocycles. The molecule has 114 valence electrons. The molecule has 1 aliphatic heterocycles. The number of amides is 1. The van der Waals surface area contributed by atoms with Gasteiger partial charge in [0, 0.05) is 25.2 Å². The van der Waals surface area contributed by atoms with E-state index in [9.17, 15) is 14.9 Å². The van der Waals surface area contributed by atoms with Crippen LogP contribution in [0.15, 0.2) is 18.2 Å². The van der Waals surface area contributed by atoms with Crippen molar-refractivity contribution in [3.8, 4) is 0 Å². The summed E-state index contributed by atoms with van der Waals surface area (Å²) in [5, 5.41) is 13.9. The zero-order valence-corrected chi connectivity index (χ0v) is 12.6. The highest BCUT2D eigenvalue weighted by Gasteiger charge is 2.32. The fourth-order valence-electron chi connectivity index (χ4n) is 3.09. The minimum absolute atomic E-state index is 0.0688. The van der Waals surface area contributed by atoms with E-state index < -0.39 is 4.92 Å². The maximum absolute atomic E-state index is 12.8. The molecule has 1 heterocycles. The monoisotopic (exact) mass is 291 g/mol. The van der Waals surface area contributed by atoms with Crippen molar-refractivity contribution in [2.45, 2.75) is 45.2 Å². The molecule has 0 unspecified atom stereocenters. The lowest BCUT2D eigenvalue weighted by Gasteiger charge is -2.39. The first-order chi connectivity index (χ1) is 9.97. The van der Waals surface area contributed by atoms with E-state index >= 15 is 0 Å². The predicted octanol–water partition coefficient (Wildman–Crippen LogP) is 3.04. The van der Waals surface area contributed by atoms with Crippen molar-refractivity contribution in [1.82, 2.24) is 4.90 Å². The smallest absolute Gasteiger partial charge is 0.293 e. The van der Waals surface area contributed by atoms with Crippen LogP contribution < -0.4 is 5.32 Å². The van der Waals surface area contributed by atoms with Gasteiger partial charge in [-0.25, -0.2) is 0 Å². The molecular weight excluding hydrogens is 270 g/mol. The van der Waals surface area contributed by atoms with E-state index in [-0.39, 0.29) is 29.4 Å². The van der Waals surface area contributed by atoms with E-state index in [1.54, 1.807) is 19.2 Å². The fraction of sp³-hybridized carbons (Fsp3) is 0.533. The summed E-state index contributed by atoms with van der Waals surface area (Å²) in [6.07, 6.45) is 3.06. The van der Waals surface area contributed by atoms with E-state index in [0.29, 0.717) is 5.56 Å². The lowest BCUT2D eigenvalue weighted by Crippen LogP contribution is -2.47. The summed E-state index contributed by atoms with van der Waals surface area (Å²) in [6, 6.07) is 4.93. The molecule has 1 aromatic rings. The molecule has 2 rings (SSSR count). The molecule has 0 bridgehead atoms. The topological polar surface area (TPSA) is 75.5 Å². The number of hydrogen-bond donors (Lipinski definition) is 1. The van der Waals surface area contributed by atoms with Crippen LogP contribution in [-0.2, 0) is 0 Å². The molecule has 6 nitrogen and oxygen atoms in total. The third kappa shape index (κ3) is 2.84. The maximum atomic E-state index is 12.8.